The van der Waals surface area contributed by atoms with E-state index in [2.05, 4.69) is 21.0 Å². The number of aromatic nitrogens is 2. The minimum atomic E-state index is -0.159. The van der Waals surface area contributed by atoms with Gasteiger partial charge in [-0.3, -0.25) is 14.3 Å². The van der Waals surface area contributed by atoms with Crippen molar-refractivity contribution >= 4 is 47.4 Å². The van der Waals surface area contributed by atoms with Gasteiger partial charge in [0.2, 0.25) is 11.8 Å². The molecule has 1 saturated heterocycles. The van der Waals surface area contributed by atoms with Crippen LogP contribution in [0, 0.1) is 11.3 Å². The molecule has 0 bridgehead atoms. The maximum atomic E-state index is 12.5. The van der Waals surface area contributed by atoms with Crippen molar-refractivity contribution in [1.29, 1.82) is 0 Å². The van der Waals surface area contributed by atoms with Gasteiger partial charge < -0.3 is 16.0 Å². The second-order valence-corrected chi connectivity index (χ2v) is 8.44. The average Bonchev–Trinajstić information content (AvgIpc) is 3.21. The Kier molecular flexibility index (Phi) is 6.87. The van der Waals surface area contributed by atoms with E-state index in [0.717, 1.165) is 42.9 Å². The van der Waals surface area contributed by atoms with Crippen molar-refractivity contribution < 1.29 is 9.59 Å². The summed E-state index contributed by atoms with van der Waals surface area (Å²) in [5.74, 6) is 0.0130. The lowest BCUT2D eigenvalue weighted by molar-refractivity contribution is -0.118. The number of nitrogens with zero attached hydrogens (tertiary/aromatic N) is 2. The van der Waals surface area contributed by atoms with Gasteiger partial charge in [-0.2, -0.15) is 5.10 Å². The zero-order valence-electron chi connectivity index (χ0n) is 16.3. The molecule has 3 N–H and O–H groups in total. The highest BCUT2D eigenvalue weighted by atomic mass is 35.5. The van der Waals surface area contributed by atoms with Crippen LogP contribution in [0.1, 0.15) is 19.3 Å². The van der Waals surface area contributed by atoms with E-state index in [1.54, 1.807) is 24.2 Å². The van der Waals surface area contributed by atoms with Crippen LogP contribution >= 0.6 is 24.2 Å². The van der Waals surface area contributed by atoms with Crippen molar-refractivity contribution in [1.82, 2.24) is 15.1 Å². The molecule has 1 saturated carbocycles. The molecule has 1 spiro atoms. The largest absolute Gasteiger partial charge is 0.324 e. The number of hydrogen-bond donors (Lipinski definition) is 3. The summed E-state index contributed by atoms with van der Waals surface area (Å²) in [5.41, 5.74) is 1.60. The van der Waals surface area contributed by atoms with Crippen molar-refractivity contribution in [3.63, 3.8) is 0 Å². The first-order valence-electron chi connectivity index (χ1n) is 9.56. The molecule has 1 aliphatic heterocycles. The van der Waals surface area contributed by atoms with E-state index in [0.29, 0.717) is 5.69 Å². The van der Waals surface area contributed by atoms with Crippen LogP contribution in [0.5, 0.6) is 0 Å². The number of rotatable bonds is 6. The first-order chi connectivity index (χ1) is 13.6. The van der Waals surface area contributed by atoms with Crippen molar-refractivity contribution in [2.45, 2.75) is 30.7 Å². The molecule has 1 aliphatic carbocycles. The SMILES string of the molecule is CSc1ccc(NC(=O)Cn2cc(NC(=O)C3CC34CCNCC4)cn2)cc1.Cl. The van der Waals surface area contributed by atoms with Crippen LogP contribution in [0.3, 0.4) is 0 Å². The Morgan fingerprint density at radius 3 is 2.62 bits per heavy atom. The molecule has 4 rings (SSSR count). The normalized spacial score (nSPS) is 19.3. The second kappa shape index (κ2) is 9.19. The third-order valence-corrected chi connectivity index (χ3v) is 6.43. The number of hydrogen-bond acceptors (Lipinski definition) is 5. The summed E-state index contributed by atoms with van der Waals surface area (Å²) in [6, 6.07) is 7.69. The summed E-state index contributed by atoms with van der Waals surface area (Å²) in [5, 5.41) is 13.4. The minimum Gasteiger partial charge on any atom is -0.324 e. The molecule has 1 unspecified atom stereocenters. The van der Waals surface area contributed by atoms with Gasteiger partial charge >= 0.3 is 0 Å². The molecular weight excluding hydrogens is 410 g/mol. The standard InChI is InChI=1S/C20H25N5O2S.ClH/c1-28-16-4-2-14(3-5-16)23-18(26)13-25-12-15(11-22-25)24-19(27)17-10-20(17)6-8-21-9-7-20;/h2-5,11-12,17,21H,6-10,13H2,1H3,(H,23,26)(H,24,27);1H. The van der Waals surface area contributed by atoms with E-state index < -0.39 is 0 Å². The van der Waals surface area contributed by atoms with E-state index in [4.69, 9.17) is 0 Å². The van der Waals surface area contributed by atoms with E-state index in [-0.39, 0.29) is 42.1 Å². The number of amides is 2. The molecule has 7 nitrogen and oxygen atoms in total. The van der Waals surface area contributed by atoms with Crippen LogP contribution in [-0.2, 0) is 16.1 Å². The molecule has 2 heterocycles. The Morgan fingerprint density at radius 2 is 1.93 bits per heavy atom. The molecular formula is C20H26ClN5O2S. The predicted octanol–water partition coefficient (Wildman–Crippen LogP) is 2.99. The fourth-order valence-corrected chi connectivity index (χ4v) is 4.37. The highest BCUT2D eigenvalue weighted by molar-refractivity contribution is 7.98. The molecule has 1 aromatic carbocycles. The number of benzene rings is 1. The molecule has 1 atom stereocenters. The Morgan fingerprint density at radius 1 is 1.21 bits per heavy atom. The monoisotopic (exact) mass is 435 g/mol. The summed E-state index contributed by atoms with van der Waals surface area (Å²) in [4.78, 5) is 25.9. The first kappa shape index (κ1) is 21.7. The van der Waals surface area contributed by atoms with Gasteiger partial charge in [0.25, 0.3) is 0 Å². The van der Waals surface area contributed by atoms with E-state index >= 15 is 0 Å². The molecule has 0 radical (unpaired) electrons. The fourth-order valence-electron chi connectivity index (χ4n) is 3.96. The number of nitrogens with one attached hydrogen (secondary N) is 3. The smallest absolute Gasteiger partial charge is 0.246 e. The van der Waals surface area contributed by atoms with Crippen LogP contribution < -0.4 is 16.0 Å². The number of thioether (sulfide) groups is 1. The highest BCUT2D eigenvalue weighted by Crippen LogP contribution is 2.58. The van der Waals surface area contributed by atoms with Crippen LogP contribution in [0.15, 0.2) is 41.6 Å². The second-order valence-electron chi connectivity index (χ2n) is 7.56. The topological polar surface area (TPSA) is 88.0 Å². The Hall–Kier alpha value is -2.03. The van der Waals surface area contributed by atoms with Gasteiger partial charge in [0.05, 0.1) is 11.9 Å². The summed E-state index contributed by atoms with van der Waals surface area (Å²) in [6.45, 7) is 2.09. The molecule has 2 amide bonds. The Balaban J connectivity index is 0.00000240. The van der Waals surface area contributed by atoms with Gasteiger partial charge in [0, 0.05) is 22.7 Å². The molecule has 2 aliphatic rings. The van der Waals surface area contributed by atoms with Gasteiger partial charge in [-0.05, 0) is 68.3 Å². The first-order valence-corrected chi connectivity index (χ1v) is 10.8. The predicted molar refractivity (Wildman–Crippen MR) is 118 cm³/mol. The molecule has 9 heteroatoms. The fraction of sp³-hybridized carbons (Fsp3) is 0.450. The van der Waals surface area contributed by atoms with Crippen molar-refractivity contribution in [3.05, 3.63) is 36.7 Å². The Bertz CT molecular complexity index is 864. The molecule has 1 aromatic heterocycles. The summed E-state index contributed by atoms with van der Waals surface area (Å²) >= 11 is 1.66. The van der Waals surface area contributed by atoms with E-state index in [1.165, 1.54) is 4.68 Å². The summed E-state index contributed by atoms with van der Waals surface area (Å²) in [6.07, 6.45) is 8.43. The van der Waals surface area contributed by atoms with Gasteiger partial charge in [0.15, 0.2) is 0 Å². The molecule has 156 valence electrons. The Labute approximate surface area is 180 Å². The summed E-state index contributed by atoms with van der Waals surface area (Å²) < 4.78 is 1.54. The van der Waals surface area contributed by atoms with Gasteiger partial charge in [-0.1, -0.05) is 0 Å². The van der Waals surface area contributed by atoms with Gasteiger partial charge in [0.1, 0.15) is 6.54 Å². The average molecular weight is 436 g/mol. The van der Waals surface area contributed by atoms with Gasteiger partial charge in [-0.15, -0.1) is 24.2 Å². The highest BCUT2D eigenvalue weighted by Gasteiger charge is 2.57. The third kappa shape index (κ3) is 5.12. The lowest BCUT2D eigenvalue weighted by Crippen LogP contribution is -2.31. The third-order valence-electron chi connectivity index (χ3n) is 5.69. The minimum absolute atomic E-state index is 0. The van der Waals surface area contributed by atoms with Crippen LogP contribution in [0.25, 0.3) is 0 Å². The lowest BCUT2D eigenvalue weighted by atomic mass is 9.92. The maximum absolute atomic E-state index is 12.5. The van der Waals surface area contributed by atoms with Crippen molar-refractivity contribution in [3.8, 4) is 0 Å². The van der Waals surface area contributed by atoms with E-state index in [9.17, 15) is 9.59 Å². The molecule has 29 heavy (non-hydrogen) atoms. The zero-order valence-corrected chi connectivity index (χ0v) is 17.9. The number of piperidine rings is 1. The summed E-state index contributed by atoms with van der Waals surface area (Å²) in [7, 11) is 0. The van der Waals surface area contributed by atoms with Crippen LogP contribution in [0.2, 0.25) is 0 Å². The maximum Gasteiger partial charge on any atom is 0.246 e. The van der Waals surface area contributed by atoms with Crippen LogP contribution in [-0.4, -0.2) is 40.9 Å². The van der Waals surface area contributed by atoms with Gasteiger partial charge in [-0.25, -0.2) is 0 Å². The van der Waals surface area contributed by atoms with Crippen LogP contribution in [0.4, 0.5) is 11.4 Å². The van der Waals surface area contributed by atoms with Crippen molar-refractivity contribution in [2.75, 3.05) is 30.0 Å². The number of carbonyl (C=O) groups excluding carboxylic acids is 2. The molecule has 2 fully saturated rings. The quantitative estimate of drug-likeness (QED) is 0.607. The number of carbonyl (C=O) groups is 2. The zero-order chi connectivity index (χ0) is 19.6. The number of anilines is 2. The van der Waals surface area contributed by atoms with E-state index in [1.807, 2.05) is 30.5 Å². The lowest BCUT2D eigenvalue weighted by Gasteiger charge is -2.23. The number of halogens is 1. The van der Waals surface area contributed by atoms with Crippen molar-refractivity contribution in [2.24, 2.45) is 11.3 Å². The molecule has 2 aromatic rings.